The van der Waals surface area contributed by atoms with Gasteiger partial charge in [-0.1, -0.05) is 18.0 Å². The van der Waals surface area contributed by atoms with E-state index in [1.54, 1.807) is 0 Å². The van der Waals surface area contributed by atoms with Crippen molar-refractivity contribution in [1.82, 2.24) is 0 Å². The van der Waals surface area contributed by atoms with Gasteiger partial charge in [-0.2, -0.15) is 0 Å². The van der Waals surface area contributed by atoms with Gasteiger partial charge in [0, 0.05) is 0 Å². The number of hydrogen-bond donors (Lipinski definition) is 0. The summed E-state index contributed by atoms with van der Waals surface area (Å²) in [7, 11) is 0. The van der Waals surface area contributed by atoms with Crippen molar-refractivity contribution >= 4 is 5.71 Å². The van der Waals surface area contributed by atoms with Crippen LogP contribution in [0.4, 0.5) is 0 Å². The van der Waals surface area contributed by atoms with E-state index in [-0.39, 0.29) is 6.61 Å². The largest absolute Gasteiger partial charge is 0.383 e. The molecular formula is C9H13NO. The minimum Gasteiger partial charge on any atom is -0.383 e. The van der Waals surface area contributed by atoms with Crippen LogP contribution in [0.1, 0.15) is 26.2 Å². The number of oxime groups is 1. The Morgan fingerprint density at radius 3 is 3.18 bits per heavy atom. The van der Waals surface area contributed by atoms with E-state index in [0.29, 0.717) is 5.92 Å². The van der Waals surface area contributed by atoms with E-state index < -0.39 is 0 Å². The van der Waals surface area contributed by atoms with Gasteiger partial charge < -0.3 is 4.84 Å². The maximum absolute atomic E-state index is 5.00. The molecule has 1 aliphatic carbocycles. The van der Waals surface area contributed by atoms with Crippen LogP contribution in [-0.2, 0) is 4.84 Å². The van der Waals surface area contributed by atoms with Crippen LogP contribution in [-0.4, -0.2) is 12.3 Å². The fourth-order valence-corrected chi connectivity index (χ4v) is 1.29. The molecule has 0 aromatic carbocycles. The van der Waals surface area contributed by atoms with Crippen LogP contribution in [0.5, 0.6) is 0 Å². The lowest BCUT2D eigenvalue weighted by atomic mass is 10.1. The first-order valence-electron chi connectivity index (χ1n) is 3.96. The topological polar surface area (TPSA) is 21.6 Å². The normalized spacial score (nSPS) is 26.9. The Morgan fingerprint density at radius 1 is 1.82 bits per heavy atom. The average molecular weight is 151 g/mol. The molecule has 1 rings (SSSR count). The van der Waals surface area contributed by atoms with Gasteiger partial charge in [0.25, 0.3) is 0 Å². The lowest BCUT2D eigenvalue weighted by Crippen LogP contribution is -2.02. The lowest BCUT2D eigenvalue weighted by Gasteiger charge is -2.01. The summed E-state index contributed by atoms with van der Waals surface area (Å²) in [6.45, 7) is 2.46. The van der Waals surface area contributed by atoms with Crippen molar-refractivity contribution in [2.24, 2.45) is 11.1 Å². The Balaban J connectivity index is 2.34. The molecule has 0 spiro atoms. The monoisotopic (exact) mass is 151 g/mol. The molecule has 2 nitrogen and oxygen atoms in total. The highest BCUT2D eigenvalue weighted by Crippen LogP contribution is 2.21. The van der Waals surface area contributed by atoms with Crippen LogP contribution in [0.15, 0.2) is 5.16 Å². The quantitative estimate of drug-likeness (QED) is 0.335. The van der Waals surface area contributed by atoms with Gasteiger partial charge in [-0.25, -0.2) is 0 Å². The molecular weight excluding hydrogens is 138 g/mol. The van der Waals surface area contributed by atoms with Gasteiger partial charge in [0.2, 0.25) is 0 Å². The van der Waals surface area contributed by atoms with E-state index in [2.05, 4.69) is 18.0 Å². The third-order valence-corrected chi connectivity index (χ3v) is 1.97. The van der Waals surface area contributed by atoms with Gasteiger partial charge in [0.05, 0.1) is 5.71 Å². The van der Waals surface area contributed by atoms with Crippen LogP contribution in [0, 0.1) is 18.3 Å². The molecule has 1 unspecified atom stereocenters. The fraction of sp³-hybridized carbons (Fsp3) is 0.667. The van der Waals surface area contributed by atoms with Gasteiger partial charge in [0.1, 0.15) is 0 Å². The van der Waals surface area contributed by atoms with Gasteiger partial charge in [-0.05, 0) is 25.2 Å². The molecule has 60 valence electrons. The van der Waals surface area contributed by atoms with Crippen molar-refractivity contribution in [3.05, 3.63) is 0 Å². The summed E-state index contributed by atoms with van der Waals surface area (Å²) in [6, 6.07) is 0. The molecule has 0 radical (unpaired) electrons. The summed E-state index contributed by atoms with van der Waals surface area (Å²) in [4.78, 5) is 4.89. The highest BCUT2D eigenvalue weighted by atomic mass is 16.6. The number of rotatable bonds is 2. The third kappa shape index (κ3) is 2.27. The first kappa shape index (κ1) is 8.13. The molecule has 0 aromatic rings. The summed E-state index contributed by atoms with van der Waals surface area (Å²) >= 11 is 0. The molecule has 0 aliphatic heterocycles. The smallest absolute Gasteiger partial charge is 0.177 e. The second-order valence-corrected chi connectivity index (χ2v) is 2.85. The van der Waals surface area contributed by atoms with Crippen molar-refractivity contribution in [1.29, 1.82) is 0 Å². The van der Waals surface area contributed by atoms with Crippen molar-refractivity contribution < 1.29 is 4.84 Å². The molecule has 1 aliphatic rings. The maximum atomic E-state index is 5.00. The Labute approximate surface area is 67.6 Å². The van der Waals surface area contributed by atoms with E-state index in [4.69, 9.17) is 11.3 Å². The molecule has 0 N–H and O–H groups in total. The van der Waals surface area contributed by atoms with Gasteiger partial charge in [0.15, 0.2) is 6.61 Å². The summed E-state index contributed by atoms with van der Waals surface area (Å²) in [6.07, 6.45) is 8.55. The second-order valence-electron chi connectivity index (χ2n) is 2.85. The number of hydrogen-bond acceptors (Lipinski definition) is 2. The standard InChI is InChI=1S/C9H13NO/c1-3-7-11-10-9-6-4-5-8(9)2/h1,8H,4-7H2,2H3/b10-9+. The average Bonchev–Trinajstić information content (AvgIpc) is 2.37. The lowest BCUT2D eigenvalue weighted by molar-refractivity contribution is 0.178. The molecule has 0 saturated heterocycles. The van der Waals surface area contributed by atoms with E-state index in [0.717, 1.165) is 6.42 Å². The van der Waals surface area contributed by atoms with Gasteiger partial charge >= 0.3 is 0 Å². The number of nitrogens with zero attached hydrogens (tertiary/aromatic N) is 1. The molecule has 1 fully saturated rings. The van der Waals surface area contributed by atoms with Crippen LogP contribution >= 0.6 is 0 Å². The van der Waals surface area contributed by atoms with Crippen molar-refractivity contribution in [2.45, 2.75) is 26.2 Å². The van der Waals surface area contributed by atoms with Crippen molar-refractivity contribution in [2.75, 3.05) is 6.61 Å². The Kier molecular flexibility index (Phi) is 2.97. The summed E-state index contributed by atoms with van der Waals surface area (Å²) in [5.74, 6) is 2.97. The highest BCUT2D eigenvalue weighted by molar-refractivity contribution is 5.87. The van der Waals surface area contributed by atoms with Crippen molar-refractivity contribution in [3.63, 3.8) is 0 Å². The molecule has 1 saturated carbocycles. The molecule has 0 amide bonds. The van der Waals surface area contributed by atoms with E-state index in [1.165, 1.54) is 18.6 Å². The second kappa shape index (κ2) is 4.02. The fourth-order valence-electron chi connectivity index (χ4n) is 1.29. The molecule has 0 bridgehead atoms. The molecule has 2 heteroatoms. The minimum absolute atomic E-state index is 0.288. The SMILES string of the molecule is C#CCO/N=C1\CCCC1C. The first-order chi connectivity index (χ1) is 5.34. The Hall–Kier alpha value is -0.970. The zero-order valence-electron chi connectivity index (χ0n) is 6.84. The van der Waals surface area contributed by atoms with Crippen LogP contribution in [0.25, 0.3) is 0 Å². The number of terminal acetylenes is 1. The van der Waals surface area contributed by atoms with Gasteiger partial charge in [-0.3, -0.25) is 0 Å². The Morgan fingerprint density at radius 2 is 2.64 bits per heavy atom. The predicted molar refractivity (Wildman–Crippen MR) is 45.2 cm³/mol. The highest BCUT2D eigenvalue weighted by Gasteiger charge is 2.17. The molecule has 0 heterocycles. The van der Waals surface area contributed by atoms with Gasteiger partial charge in [-0.15, -0.1) is 6.42 Å². The molecule has 11 heavy (non-hydrogen) atoms. The van der Waals surface area contributed by atoms with Crippen LogP contribution in [0.2, 0.25) is 0 Å². The van der Waals surface area contributed by atoms with Crippen molar-refractivity contribution in [3.8, 4) is 12.3 Å². The molecule has 0 aromatic heterocycles. The third-order valence-electron chi connectivity index (χ3n) is 1.97. The predicted octanol–water partition coefficient (Wildman–Crippen LogP) is 1.81. The summed E-state index contributed by atoms with van der Waals surface area (Å²) < 4.78 is 0. The van der Waals surface area contributed by atoms with Crippen LogP contribution < -0.4 is 0 Å². The van der Waals surface area contributed by atoms with Crippen LogP contribution in [0.3, 0.4) is 0 Å². The van der Waals surface area contributed by atoms with E-state index in [1.807, 2.05) is 0 Å². The minimum atomic E-state index is 0.288. The first-order valence-corrected chi connectivity index (χ1v) is 3.96. The Bertz CT molecular complexity index is 190. The molecule has 1 atom stereocenters. The van der Waals surface area contributed by atoms with E-state index in [9.17, 15) is 0 Å². The zero-order chi connectivity index (χ0) is 8.10. The summed E-state index contributed by atoms with van der Waals surface area (Å²) in [5.41, 5.74) is 1.17. The van der Waals surface area contributed by atoms with E-state index >= 15 is 0 Å². The summed E-state index contributed by atoms with van der Waals surface area (Å²) in [5, 5.41) is 3.97. The maximum Gasteiger partial charge on any atom is 0.177 e. The zero-order valence-corrected chi connectivity index (χ0v) is 6.84.